The Morgan fingerprint density at radius 3 is 2.40 bits per heavy atom. The number of likely N-dealkylation sites (tertiary alicyclic amines) is 1. The number of aromatic hydroxyl groups is 1. The first-order valence-corrected chi connectivity index (χ1v) is 7.96. The lowest BCUT2D eigenvalue weighted by atomic mass is 10.0. The average molecular weight is 276 g/mol. The fourth-order valence-electron chi connectivity index (χ4n) is 3.49. The van der Waals surface area contributed by atoms with Crippen LogP contribution < -0.4 is 0 Å². The largest absolute Gasteiger partial charge is 0.508 e. The van der Waals surface area contributed by atoms with Crippen LogP contribution in [0.5, 0.6) is 5.75 Å². The van der Waals surface area contributed by atoms with Gasteiger partial charge in [-0.3, -0.25) is 9.80 Å². The van der Waals surface area contributed by atoms with Gasteiger partial charge in [0.1, 0.15) is 5.75 Å². The molecule has 1 fully saturated rings. The zero-order valence-corrected chi connectivity index (χ0v) is 13.0. The van der Waals surface area contributed by atoms with Gasteiger partial charge < -0.3 is 5.11 Å². The van der Waals surface area contributed by atoms with Crippen LogP contribution in [0.1, 0.15) is 45.2 Å². The average Bonchev–Trinajstić information content (AvgIpc) is 2.93. The van der Waals surface area contributed by atoms with E-state index in [1.165, 1.54) is 25.1 Å². The summed E-state index contributed by atoms with van der Waals surface area (Å²) in [6.45, 7) is 11.4. The zero-order valence-electron chi connectivity index (χ0n) is 13.0. The first kappa shape index (κ1) is 15.3. The van der Waals surface area contributed by atoms with Crippen LogP contribution in [-0.2, 0) is 0 Å². The van der Waals surface area contributed by atoms with Crippen LogP contribution >= 0.6 is 0 Å². The van der Waals surface area contributed by atoms with Gasteiger partial charge in [-0.2, -0.15) is 0 Å². The highest BCUT2D eigenvalue weighted by atomic mass is 16.3. The minimum atomic E-state index is 0.353. The summed E-state index contributed by atoms with van der Waals surface area (Å²) in [6, 6.07) is 8.92. The maximum absolute atomic E-state index is 9.43. The number of hydrogen-bond acceptors (Lipinski definition) is 3. The Labute approximate surface area is 123 Å². The van der Waals surface area contributed by atoms with E-state index in [4.69, 9.17) is 0 Å². The van der Waals surface area contributed by atoms with Crippen molar-refractivity contribution in [3.05, 3.63) is 29.8 Å². The number of rotatable bonds is 6. The molecule has 0 aromatic heterocycles. The van der Waals surface area contributed by atoms with Crippen molar-refractivity contribution in [2.75, 3.05) is 26.2 Å². The minimum absolute atomic E-state index is 0.353. The minimum Gasteiger partial charge on any atom is -0.508 e. The number of hydrogen-bond donors (Lipinski definition) is 1. The number of phenols is 1. The summed E-state index contributed by atoms with van der Waals surface area (Å²) >= 11 is 0. The second kappa shape index (κ2) is 7.09. The SMILES string of the molecule is CCC(c1ccc(O)cc1)N1CCC(N(CC)CC)C1. The lowest BCUT2D eigenvalue weighted by Crippen LogP contribution is -2.38. The Morgan fingerprint density at radius 2 is 1.85 bits per heavy atom. The van der Waals surface area contributed by atoms with Gasteiger partial charge in [0, 0.05) is 25.2 Å². The third-order valence-corrected chi connectivity index (χ3v) is 4.63. The van der Waals surface area contributed by atoms with Crippen LogP contribution in [-0.4, -0.2) is 47.1 Å². The molecule has 0 bridgehead atoms. The second-order valence-corrected chi connectivity index (χ2v) is 5.67. The first-order valence-electron chi connectivity index (χ1n) is 7.96. The first-order chi connectivity index (χ1) is 9.69. The van der Waals surface area contributed by atoms with E-state index >= 15 is 0 Å². The highest BCUT2D eigenvalue weighted by Crippen LogP contribution is 2.30. The molecule has 1 aliphatic rings. The van der Waals surface area contributed by atoms with Gasteiger partial charge in [-0.05, 0) is 43.6 Å². The molecule has 1 aromatic rings. The van der Waals surface area contributed by atoms with E-state index in [1.807, 2.05) is 0 Å². The molecule has 2 rings (SSSR count). The van der Waals surface area contributed by atoms with Gasteiger partial charge in [0.15, 0.2) is 0 Å². The predicted octanol–water partition coefficient (Wildman–Crippen LogP) is 3.26. The molecular formula is C17H28N2O. The van der Waals surface area contributed by atoms with Gasteiger partial charge in [-0.15, -0.1) is 0 Å². The van der Waals surface area contributed by atoms with Gasteiger partial charge >= 0.3 is 0 Å². The summed E-state index contributed by atoms with van der Waals surface area (Å²) in [5.74, 6) is 0.353. The third-order valence-electron chi connectivity index (χ3n) is 4.63. The van der Waals surface area contributed by atoms with Crippen molar-refractivity contribution >= 4 is 0 Å². The standard InChI is InChI=1S/C17H28N2O/c1-4-17(14-7-9-16(20)10-8-14)19-12-11-15(13-19)18(5-2)6-3/h7-10,15,17,20H,4-6,11-13H2,1-3H3. The van der Waals surface area contributed by atoms with E-state index in [2.05, 4.69) is 42.7 Å². The summed E-state index contributed by atoms with van der Waals surface area (Å²) in [5.41, 5.74) is 1.32. The Bertz CT molecular complexity index is 400. The van der Waals surface area contributed by atoms with E-state index < -0.39 is 0 Å². The molecule has 1 heterocycles. The molecule has 1 N–H and O–H groups in total. The van der Waals surface area contributed by atoms with Crippen LogP contribution in [0.3, 0.4) is 0 Å². The van der Waals surface area contributed by atoms with Crippen LogP contribution in [0.2, 0.25) is 0 Å². The lowest BCUT2D eigenvalue weighted by molar-refractivity contribution is 0.185. The van der Waals surface area contributed by atoms with Crippen LogP contribution in [0.25, 0.3) is 0 Å². The van der Waals surface area contributed by atoms with Crippen molar-refractivity contribution in [1.29, 1.82) is 0 Å². The van der Waals surface area contributed by atoms with E-state index in [1.54, 1.807) is 12.1 Å². The Kier molecular flexibility index (Phi) is 5.44. The van der Waals surface area contributed by atoms with Gasteiger partial charge in [0.2, 0.25) is 0 Å². The van der Waals surface area contributed by atoms with Crippen LogP contribution in [0.15, 0.2) is 24.3 Å². The molecule has 0 radical (unpaired) electrons. The lowest BCUT2D eigenvalue weighted by Gasteiger charge is -2.30. The molecule has 1 aromatic carbocycles. The highest BCUT2D eigenvalue weighted by molar-refractivity contribution is 5.28. The van der Waals surface area contributed by atoms with E-state index in [9.17, 15) is 5.11 Å². The monoisotopic (exact) mass is 276 g/mol. The Balaban J connectivity index is 2.04. The zero-order chi connectivity index (χ0) is 14.5. The molecule has 112 valence electrons. The molecule has 0 aliphatic carbocycles. The third kappa shape index (κ3) is 3.33. The number of nitrogens with zero attached hydrogens (tertiary/aromatic N) is 2. The molecular weight excluding hydrogens is 248 g/mol. The topological polar surface area (TPSA) is 26.7 Å². The molecule has 3 nitrogen and oxygen atoms in total. The van der Waals surface area contributed by atoms with Gasteiger partial charge in [-0.1, -0.05) is 32.9 Å². The quantitative estimate of drug-likeness (QED) is 0.864. The van der Waals surface area contributed by atoms with Crippen molar-refractivity contribution in [2.24, 2.45) is 0 Å². The maximum Gasteiger partial charge on any atom is 0.115 e. The molecule has 3 heteroatoms. The van der Waals surface area contributed by atoms with Gasteiger partial charge in [-0.25, -0.2) is 0 Å². The summed E-state index contributed by atoms with van der Waals surface area (Å²) in [6.07, 6.45) is 2.39. The number of likely N-dealkylation sites (N-methyl/N-ethyl adjacent to an activating group) is 1. The smallest absolute Gasteiger partial charge is 0.115 e. The highest BCUT2D eigenvalue weighted by Gasteiger charge is 2.30. The molecule has 0 saturated carbocycles. The molecule has 2 unspecified atom stereocenters. The predicted molar refractivity (Wildman–Crippen MR) is 84.0 cm³/mol. The van der Waals surface area contributed by atoms with Crippen molar-refractivity contribution in [2.45, 2.75) is 45.7 Å². The van der Waals surface area contributed by atoms with Crippen LogP contribution in [0, 0.1) is 0 Å². The van der Waals surface area contributed by atoms with E-state index in [0.29, 0.717) is 17.8 Å². The van der Waals surface area contributed by atoms with E-state index in [-0.39, 0.29) is 0 Å². The van der Waals surface area contributed by atoms with Crippen molar-refractivity contribution in [3.63, 3.8) is 0 Å². The molecule has 20 heavy (non-hydrogen) atoms. The molecule has 2 atom stereocenters. The number of benzene rings is 1. The number of phenolic OH excluding ortho intramolecular Hbond substituents is 1. The second-order valence-electron chi connectivity index (χ2n) is 5.67. The molecule has 1 aliphatic heterocycles. The summed E-state index contributed by atoms with van der Waals surface area (Å²) in [4.78, 5) is 5.18. The maximum atomic E-state index is 9.43. The van der Waals surface area contributed by atoms with Gasteiger partial charge in [0.25, 0.3) is 0 Å². The molecule has 0 amide bonds. The van der Waals surface area contributed by atoms with Gasteiger partial charge in [0.05, 0.1) is 0 Å². The van der Waals surface area contributed by atoms with Crippen molar-refractivity contribution in [1.82, 2.24) is 9.80 Å². The summed E-state index contributed by atoms with van der Waals surface area (Å²) < 4.78 is 0. The van der Waals surface area contributed by atoms with Crippen molar-refractivity contribution in [3.8, 4) is 5.75 Å². The Morgan fingerprint density at radius 1 is 1.20 bits per heavy atom. The Hall–Kier alpha value is -1.06. The van der Waals surface area contributed by atoms with Crippen LogP contribution in [0.4, 0.5) is 0 Å². The fraction of sp³-hybridized carbons (Fsp3) is 0.647. The normalized spacial score (nSPS) is 21.5. The summed E-state index contributed by atoms with van der Waals surface area (Å²) in [5, 5.41) is 9.43. The van der Waals surface area contributed by atoms with Crippen molar-refractivity contribution < 1.29 is 5.11 Å². The molecule has 1 saturated heterocycles. The summed E-state index contributed by atoms with van der Waals surface area (Å²) in [7, 11) is 0. The van der Waals surface area contributed by atoms with E-state index in [0.717, 1.165) is 19.5 Å². The fourth-order valence-corrected chi connectivity index (χ4v) is 3.49. The molecule has 0 spiro atoms.